The lowest BCUT2D eigenvalue weighted by molar-refractivity contribution is -0.145. The van der Waals surface area contributed by atoms with Gasteiger partial charge in [-0.15, -0.1) is 35.3 Å². The molecule has 0 spiro atoms. The van der Waals surface area contributed by atoms with Gasteiger partial charge in [-0.1, -0.05) is 6.92 Å². The van der Waals surface area contributed by atoms with Crippen LogP contribution in [0.2, 0.25) is 0 Å². The first kappa shape index (κ1) is 22.2. The molecule has 27 heavy (non-hydrogen) atoms. The zero-order valence-corrected chi connectivity index (χ0v) is 19.5. The molecule has 0 amide bonds. The molecule has 9 heteroatoms. The molecular formula is C18H30IN5O2S. The minimum atomic E-state index is -0.132. The van der Waals surface area contributed by atoms with Gasteiger partial charge in [-0.3, -0.25) is 9.79 Å². The van der Waals surface area contributed by atoms with Gasteiger partial charge in [0.15, 0.2) is 11.1 Å². The fourth-order valence-electron chi connectivity index (χ4n) is 3.70. The Labute approximate surface area is 182 Å². The highest BCUT2D eigenvalue weighted by atomic mass is 127. The lowest BCUT2D eigenvalue weighted by atomic mass is 9.99. The van der Waals surface area contributed by atoms with E-state index >= 15 is 0 Å². The minimum absolute atomic E-state index is 0. The smallest absolute Gasteiger partial charge is 0.310 e. The number of esters is 1. The van der Waals surface area contributed by atoms with E-state index in [1.54, 1.807) is 18.4 Å². The molecule has 0 aromatic carbocycles. The van der Waals surface area contributed by atoms with E-state index in [4.69, 9.17) is 9.72 Å². The first-order valence-corrected chi connectivity index (χ1v) is 10.2. The van der Waals surface area contributed by atoms with Crippen LogP contribution in [0.1, 0.15) is 25.5 Å². The van der Waals surface area contributed by atoms with E-state index in [0.717, 1.165) is 49.4 Å². The Kier molecular flexibility index (Phi) is 8.59. The van der Waals surface area contributed by atoms with Crippen molar-refractivity contribution in [2.24, 2.45) is 16.8 Å². The molecule has 0 saturated carbocycles. The van der Waals surface area contributed by atoms with Crippen LogP contribution in [0, 0.1) is 11.8 Å². The molecule has 7 nitrogen and oxygen atoms in total. The van der Waals surface area contributed by atoms with Crippen molar-refractivity contribution in [2.45, 2.75) is 26.2 Å². The molecule has 2 aliphatic rings. The zero-order chi connectivity index (χ0) is 18.5. The van der Waals surface area contributed by atoms with Gasteiger partial charge >= 0.3 is 5.97 Å². The summed E-state index contributed by atoms with van der Waals surface area (Å²) in [6.07, 6.45) is 3.41. The predicted octanol–water partition coefficient (Wildman–Crippen LogP) is 2.22. The van der Waals surface area contributed by atoms with Crippen LogP contribution >= 0.6 is 35.3 Å². The number of hydrogen-bond donors (Lipinski definition) is 1. The van der Waals surface area contributed by atoms with Gasteiger partial charge < -0.3 is 19.9 Å². The second kappa shape index (κ2) is 10.4. The van der Waals surface area contributed by atoms with Crippen LogP contribution in [-0.2, 0) is 16.0 Å². The normalized spacial score (nSPS) is 22.7. The fraction of sp³-hybridized carbons (Fsp3) is 0.722. The topological polar surface area (TPSA) is 70.1 Å². The molecule has 2 saturated heterocycles. The first-order chi connectivity index (χ1) is 12.6. The number of thiazole rings is 1. The summed E-state index contributed by atoms with van der Waals surface area (Å²) in [4.78, 5) is 25.5. The average Bonchev–Trinajstić information content (AvgIpc) is 3.38. The van der Waals surface area contributed by atoms with Crippen LogP contribution in [0.15, 0.2) is 10.4 Å². The minimum Gasteiger partial charge on any atom is -0.469 e. The van der Waals surface area contributed by atoms with Gasteiger partial charge in [-0.2, -0.15) is 0 Å². The van der Waals surface area contributed by atoms with Crippen molar-refractivity contribution in [1.29, 1.82) is 0 Å². The Hall–Kier alpha value is -1.10. The number of methoxy groups -OCH3 is 1. The molecule has 2 aliphatic heterocycles. The summed E-state index contributed by atoms with van der Waals surface area (Å²) in [7, 11) is 3.24. The van der Waals surface area contributed by atoms with Crippen LogP contribution < -0.4 is 10.2 Å². The molecular weight excluding hydrogens is 477 g/mol. The van der Waals surface area contributed by atoms with Crippen molar-refractivity contribution in [3.63, 3.8) is 0 Å². The van der Waals surface area contributed by atoms with Gasteiger partial charge in [0.2, 0.25) is 0 Å². The van der Waals surface area contributed by atoms with Crippen LogP contribution in [0.4, 0.5) is 5.13 Å². The van der Waals surface area contributed by atoms with Gasteiger partial charge in [0.25, 0.3) is 0 Å². The van der Waals surface area contributed by atoms with E-state index in [0.29, 0.717) is 6.54 Å². The molecule has 1 aromatic rings. The van der Waals surface area contributed by atoms with E-state index in [9.17, 15) is 4.79 Å². The van der Waals surface area contributed by atoms with Gasteiger partial charge in [-0.05, 0) is 18.8 Å². The van der Waals surface area contributed by atoms with Crippen molar-refractivity contribution in [3.05, 3.63) is 11.1 Å². The maximum Gasteiger partial charge on any atom is 0.310 e. The number of nitrogens with one attached hydrogen (secondary N) is 1. The lowest BCUT2D eigenvalue weighted by Crippen LogP contribution is -2.41. The molecule has 2 atom stereocenters. The summed E-state index contributed by atoms with van der Waals surface area (Å²) < 4.78 is 4.91. The number of rotatable bonds is 5. The highest BCUT2D eigenvalue weighted by Gasteiger charge is 2.36. The predicted molar refractivity (Wildman–Crippen MR) is 120 cm³/mol. The molecule has 2 unspecified atom stereocenters. The summed E-state index contributed by atoms with van der Waals surface area (Å²) >= 11 is 1.74. The number of anilines is 1. The third-order valence-electron chi connectivity index (χ3n) is 5.21. The number of carbonyl (C=O) groups excluding carboxylic acids is 1. The Balaban J connectivity index is 0.00000261. The maximum atomic E-state index is 11.9. The maximum absolute atomic E-state index is 11.9. The summed E-state index contributed by atoms with van der Waals surface area (Å²) in [6, 6.07) is 0. The van der Waals surface area contributed by atoms with Gasteiger partial charge in [-0.25, -0.2) is 4.98 Å². The van der Waals surface area contributed by atoms with Crippen molar-refractivity contribution in [3.8, 4) is 0 Å². The largest absolute Gasteiger partial charge is 0.469 e. The Bertz CT molecular complexity index is 647. The molecule has 0 radical (unpaired) electrons. The van der Waals surface area contributed by atoms with Crippen molar-refractivity contribution < 1.29 is 9.53 Å². The highest BCUT2D eigenvalue weighted by Crippen LogP contribution is 2.25. The first-order valence-electron chi connectivity index (χ1n) is 9.35. The second-order valence-corrected chi connectivity index (χ2v) is 7.89. The van der Waals surface area contributed by atoms with Crippen molar-refractivity contribution >= 4 is 52.4 Å². The average molecular weight is 507 g/mol. The molecule has 0 bridgehead atoms. The number of aliphatic imine (C=N–C) groups is 1. The molecule has 1 N–H and O–H groups in total. The molecule has 1 aromatic heterocycles. The molecule has 152 valence electrons. The number of nitrogens with zero attached hydrogens (tertiary/aromatic N) is 4. The molecule has 3 heterocycles. The number of hydrogen-bond acceptors (Lipinski definition) is 6. The SMILES string of the molecule is CN=C(NCCc1csc(N2CCCC2)n1)N1CC(C)C(C(=O)OC)C1.I. The van der Waals surface area contributed by atoms with E-state index in [2.05, 4.69) is 32.4 Å². The van der Waals surface area contributed by atoms with Gasteiger partial charge in [0.05, 0.1) is 18.7 Å². The number of halogens is 1. The number of carbonyl (C=O) groups is 1. The quantitative estimate of drug-likeness (QED) is 0.285. The van der Waals surface area contributed by atoms with Crippen LogP contribution in [0.3, 0.4) is 0 Å². The summed E-state index contributed by atoms with van der Waals surface area (Å²) in [5.74, 6) is 0.897. The highest BCUT2D eigenvalue weighted by molar-refractivity contribution is 14.0. The van der Waals surface area contributed by atoms with E-state index in [1.807, 2.05) is 0 Å². The Morgan fingerprint density at radius 2 is 2.15 bits per heavy atom. The summed E-state index contributed by atoms with van der Waals surface area (Å²) in [5.41, 5.74) is 1.13. The standard InChI is InChI=1S/C18H29N5O2S.HI/c1-13-10-23(11-15(13)16(24)25-3)17(19-2)20-7-6-14-12-26-18(21-14)22-8-4-5-9-22;/h12-13,15H,4-11H2,1-3H3,(H,19,20);1H. The third kappa shape index (κ3) is 5.46. The Morgan fingerprint density at radius 1 is 1.41 bits per heavy atom. The zero-order valence-electron chi connectivity index (χ0n) is 16.3. The Morgan fingerprint density at radius 3 is 2.81 bits per heavy atom. The number of guanidine groups is 1. The van der Waals surface area contributed by atoms with Crippen molar-refractivity contribution in [1.82, 2.24) is 15.2 Å². The summed E-state index contributed by atoms with van der Waals surface area (Å²) in [5, 5.41) is 6.72. The van der Waals surface area contributed by atoms with Crippen LogP contribution in [0.5, 0.6) is 0 Å². The fourth-order valence-corrected chi connectivity index (χ4v) is 4.61. The number of ether oxygens (including phenoxy) is 1. The monoisotopic (exact) mass is 507 g/mol. The van der Waals surface area contributed by atoms with Gasteiger partial charge in [0.1, 0.15) is 0 Å². The molecule has 2 fully saturated rings. The van der Waals surface area contributed by atoms with Crippen LogP contribution in [-0.4, -0.2) is 68.7 Å². The van der Waals surface area contributed by atoms with E-state index in [-0.39, 0.29) is 41.8 Å². The third-order valence-corrected chi connectivity index (χ3v) is 6.16. The lowest BCUT2D eigenvalue weighted by Gasteiger charge is -2.21. The summed E-state index contributed by atoms with van der Waals surface area (Å²) in [6.45, 7) is 6.60. The second-order valence-electron chi connectivity index (χ2n) is 7.05. The molecule has 0 aliphatic carbocycles. The van der Waals surface area contributed by atoms with E-state index in [1.165, 1.54) is 20.0 Å². The van der Waals surface area contributed by atoms with Gasteiger partial charge in [0, 0.05) is 51.6 Å². The molecule has 3 rings (SSSR count). The van der Waals surface area contributed by atoms with E-state index < -0.39 is 0 Å². The van der Waals surface area contributed by atoms with Crippen LogP contribution in [0.25, 0.3) is 0 Å². The number of aromatic nitrogens is 1. The number of likely N-dealkylation sites (tertiary alicyclic amines) is 1. The van der Waals surface area contributed by atoms with Crippen molar-refractivity contribution in [2.75, 3.05) is 51.8 Å².